The van der Waals surface area contributed by atoms with Gasteiger partial charge in [-0.1, -0.05) is 162 Å². The summed E-state index contributed by atoms with van der Waals surface area (Å²) in [5.74, 6) is -2.00. The van der Waals surface area contributed by atoms with Crippen molar-refractivity contribution in [1.29, 1.82) is 0 Å². The van der Waals surface area contributed by atoms with Crippen molar-refractivity contribution in [2.24, 2.45) is 0 Å². The summed E-state index contributed by atoms with van der Waals surface area (Å²) in [4.78, 5) is 36.8. The molecular formula is C41H80NO8+. The minimum atomic E-state index is -1.50. The zero-order valence-electron chi connectivity index (χ0n) is 33.3. The molecule has 0 aromatic rings. The van der Waals surface area contributed by atoms with Crippen molar-refractivity contribution >= 4 is 17.9 Å². The fourth-order valence-electron chi connectivity index (χ4n) is 5.84. The highest BCUT2D eigenvalue weighted by Gasteiger charge is 2.25. The Bertz CT molecular complexity index is 800. The highest BCUT2D eigenvalue weighted by Crippen LogP contribution is 2.15. The summed E-state index contributed by atoms with van der Waals surface area (Å²) in [5.41, 5.74) is 0. The van der Waals surface area contributed by atoms with Gasteiger partial charge in [0.1, 0.15) is 13.2 Å². The molecule has 0 saturated heterocycles. The van der Waals surface area contributed by atoms with Gasteiger partial charge in [-0.3, -0.25) is 9.59 Å². The molecule has 1 N–H and O–H groups in total. The number of unbranched alkanes of at least 4 members (excludes halogenated alkanes) is 23. The molecule has 0 fully saturated rings. The molecule has 0 aromatic heterocycles. The summed E-state index contributed by atoms with van der Waals surface area (Å²) in [6, 6.07) is 0. The van der Waals surface area contributed by atoms with Crippen molar-refractivity contribution in [3.8, 4) is 0 Å². The average Bonchev–Trinajstić information content (AvgIpc) is 3.06. The number of hydrogen-bond donors (Lipinski definition) is 1. The first kappa shape index (κ1) is 48.3. The molecule has 50 heavy (non-hydrogen) atoms. The van der Waals surface area contributed by atoms with Crippen molar-refractivity contribution in [2.75, 3.05) is 47.5 Å². The van der Waals surface area contributed by atoms with E-state index in [1.54, 1.807) is 0 Å². The predicted octanol–water partition coefficient (Wildman–Crippen LogP) is 10.2. The second-order valence-electron chi connectivity index (χ2n) is 15.3. The third kappa shape index (κ3) is 34.7. The number of aliphatic carboxylic acids is 1. The van der Waals surface area contributed by atoms with Gasteiger partial charge in [-0.05, 0) is 12.8 Å². The van der Waals surface area contributed by atoms with Gasteiger partial charge in [0.05, 0.1) is 34.4 Å². The fourth-order valence-corrected chi connectivity index (χ4v) is 5.84. The maximum atomic E-state index is 12.7. The van der Waals surface area contributed by atoms with Crippen molar-refractivity contribution < 1.29 is 42.9 Å². The van der Waals surface area contributed by atoms with E-state index in [4.69, 9.17) is 18.9 Å². The number of carboxylic acid groups (broad SMARTS) is 1. The summed E-state index contributed by atoms with van der Waals surface area (Å²) in [6.07, 6.45) is 28.8. The first-order valence-corrected chi connectivity index (χ1v) is 20.7. The Hall–Kier alpha value is -1.71. The fraction of sp³-hybridized carbons (Fsp3) is 0.927. The summed E-state index contributed by atoms with van der Waals surface area (Å²) >= 11 is 0. The van der Waals surface area contributed by atoms with Gasteiger partial charge in [0.15, 0.2) is 6.10 Å². The average molecular weight is 715 g/mol. The van der Waals surface area contributed by atoms with Crippen LogP contribution in [0.4, 0.5) is 0 Å². The van der Waals surface area contributed by atoms with Crippen LogP contribution in [0.5, 0.6) is 0 Å². The molecule has 0 amide bonds. The quantitative estimate of drug-likeness (QED) is 0.0291. The van der Waals surface area contributed by atoms with Gasteiger partial charge in [0, 0.05) is 12.8 Å². The Labute approximate surface area is 307 Å². The molecule has 296 valence electrons. The SMILES string of the molecule is CCCCCCCCCCCCCCCCCCCC(=O)OC(COC(=O)CCCCCCCCCC)COC(OCC[N+](C)(C)C)C(=O)O. The van der Waals surface area contributed by atoms with Crippen LogP contribution in [0.1, 0.15) is 187 Å². The molecule has 0 aliphatic carbocycles. The largest absolute Gasteiger partial charge is 0.477 e. The monoisotopic (exact) mass is 715 g/mol. The molecule has 0 aliphatic heterocycles. The molecule has 0 radical (unpaired) electrons. The number of rotatable bonds is 38. The van der Waals surface area contributed by atoms with Gasteiger partial charge in [-0.25, -0.2) is 4.79 Å². The molecule has 0 saturated carbocycles. The van der Waals surface area contributed by atoms with Crippen LogP contribution in [-0.2, 0) is 33.3 Å². The Kier molecular flexibility index (Phi) is 33.2. The molecule has 0 aromatic carbocycles. The number of carbonyl (C=O) groups excluding carboxylic acids is 2. The zero-order chi connectivity index (χ0) is 37.1. The minimum absolute atomic E-state index is 0.175. The van der Waals surface area contributed by atoms with Crippen LogP contribution < -0.4 is 0 Å². The predicted molar refractivity (Wildman–Crippen MR) is 203 cm³/mol. The van der Waals surface area contributed by atoms with E-state index >= 15 is 0 Å². The lowest BCUT2D eigenvalue weighted by molar-refractivity contribution is -0.870. The summed E-state index contributed by atoms with van der Waals surface area (Å²) in [7, 11) is 5.95. The smallest absolute Gasteiger partial charge is 0.361 e. The van der Waals surface area contributed by atoms with E-state index in [-0.39, 0.29) is 32.2 Å². The van der Waals surface area contributed by atoms with Crippen LogP contribution in [0.25, 0.3) is 0 Å². The Morgan fingerprint density at radius 3 is 1.28 bits per heavy atom. The maximum absolute atomic E-state index is 12.7. The molecule has 2 atom stereocenters. The first-order valence-electron chi connectivity index (χ1n) is 20.7. The summed E-state index contributed by atoms with van der Waals surface area (Å²) in [5, 5.41) is 9.58. The van der Waals surface area contributed by atoms with Gasteiger partial charge in [-0.2, -0.15) is 0 Å². The molecular weight excluding hydrogens is 634 g/mol. The van der Waals surface area contributed by atoms with Crippen molar-refractivity contribution in [2.45, 2.75) is 200 Å². The highest BCUT2D eigenvalue weighted by atomic mass is 16.7. The standard InChI is InChI=1S/C41H79NO8/c1-6-8-10-12-14-16-17-18-19-20-21-22-23-24-26-28-30-32-39(44)50-37(36-49-41(40(45)46)47-34-33-42(3,4)5)35-48-38(43)31-29-27-25-15-13-11-9-7-2/h37,41H,6-36H2,1-5H3/p+1. The van der Waals surface area contributed by atoms with E-state index in [1.807, 2.05) is 21.1 Å². The van der Waals surface area contributed by atoms with Gasteiger partial charge in [0.2, 0.25) is 0 Å². The lowest BCUT2D eigenvalue weighted by Crippen LogP contribution is -2.40. The lowest BCUT2D eigenvalue weighted by Gasteiger charge is -2.25. The number of likely N-dealkylation sites (N-methyl/N-ethyl adjacent to an activating group) is 1. The zero-order valence-corrected chi connectivity index (χ0v) is 33.3. The lowest BCUT2D eigenvalue weighted by atomic mass is 10.0. The van der Waals surface area contributed by atoms with E-state index in [9.17, 15) is 19.5 Å². The molecule has 0 heterocycles. The topological polar surface area (TPSA) is 108 Å². The number of carbonyl (C=O) groups is 3. The van der Waals surface area contributed by atoms with Gasteiger partial charge < -0.3 is 28.5 Å². The molecule has 0 aliphatic rings. The van der Waals surface area contributed by atoms with Crippen LogP contribution in [-0.4, -0.2) is 87.4 Å². The van der Waals surface area contributed by atoms with E-state index in [2.05, 4.69) is 13.8 Å². The maximum Gasteiger partial charge on any atom is 0.361 e. The van der Waals surface area contributed by atoms with E-state index < -0.39 is 24.3 Å². The van der Waals surface area contributed by atoms with Gasteiger partial charge >= 0.3 is 17.9 Å². The van der Waals surface area contributed by atoms with Crippen molar-refractivity contribution in [1.82, 2.24) is 0 Å². The number of ether oxygens (including phenoxy) is 4. The molecule has 0 rings (SSSR count). The normalized spacial score (nSPS) is 12.9. The molecule has 2 unspecified atom stereocenters. The van der Waals surface area contributed by atoms with Crippen LogP contribution >= 0.6 is 0 Å². The Morgan fingerprint density at radius 2 is 0.900 bits per heavy atom. The van der Waals surface area contributed by atoms with Gasteiger partial charge in [0.25, 0.3) is 6.29 Å². The minimum Gasteiger partial charge on any atom is -0.477 e. The van der Waals surface area contributed by atoms with Gasteiger partial charge in [-0.15, -0.1) is 0 Å². The van der Waals surface area contributed by atoms with Crippen molar-refractivity contribution in [3.63, 3.8) is 0 Å². The third-order valence-corrected chi connectivity index (χ3v) is 9.11. The number of hydrogen-bond acceptors (Lipinski definition) is 7. The molecule has 0 bridgehead atoms. The highest BCUT2D eigenvalue weighted by molar-refractivity contribution is 5.71. The Morgan fingerprint density at radius 1 is 0.520 bits per heavy atom. The molecule has 9 heteroatoms. The number of esters is 2. The van der Waals surface area contributed by atoms with Crippen LogP contribution in [0.2, 0.25) is 0 Å². The summed E-state index contributed by atoms with van der Waals surface area (Å²) in [6.45, 7) is 4.85. The Balaban J connectivity index is 4.38. The van der Waals surface area contributed by atoms with Crippen molar-refractivity contribution in [3.05, 3.63) is 0 Å². The van der Waals surface area contributed by atoms with Crippen LogP contribution in [0, 0.1) is 0 Å². The second kappa shape index (κ2) is 34.4. The van der Waals surface area contributed by atoms with E-state index in [0.29, 0.717) is 17.4 Å². The second-order valence-corrected chi connectivity index (χ2v) is 15.3. The number of nitrogens with zero attached hydrogens (tertiary/aromatic N) is 1. The number of quaternary nitrogens is 1. The molecule has 9 nitrogen and oxygen atoms in total. The first-order chi connectivity index (χ1) is 24.1. The molecule has 0 spiro atoms. The van der Waals surface area contributed by atoms with Crippen LogP contribution in [0.3, 0.4) is 0 Å². The number of carboxylic acids is 1. The van der Waals surface area contributed by atoms with Crippen LogP contribution in [0.15, 0.2) is 0 Å². The van der Waals surface area contributed by atoms with E-state index in [1.165, 1.54) is 122 Å². The third-order valence-electron chi connectivity index (χ3n) is 9.11. The summed E-state index contributed by atoms with van der Waals surface area (Å²) < 4.78 is 22.6. The van der Waals surface area contributed by atoms with E-state index in [0.717, 1.165) is 38.5 Å².